The van der Waals surface area contributed by atoms with Crippen LogP contribution in [0.3, 0.4) is 0 Å². The van der Waals surface area contributed by atoms with Crippen LogP contribution in [0.1, 0.15) is 51.6 Å². The Bertz CT molecular complexity index is 2790. The van der Waals surface area contributed by atoms with E-state index in [9.17, 15) is 5.11 Å². The third-order valence-electron chi connectivity index (χ3n) is 13.1. The van der Waals surface area contributed by atoms with Crippen LogP contribution in [0.5, 0.6) is 11.5 Å². The van der Waals surface area contributed by atoms with Crippen molar-refractivity contribution in [1.29, 1.82) is 0 Å². The number of morpholine rings is 2. The number of cyclic esters (lactones) is 1. The molecule has 4 aliphatic heterocycles. The summed E-state index contributed by atoms with van der Waals surface area (Å²) < 4.78 is 23.3. The van der Waals surface area contributed by atoms with Crippen LogP contribution in [0.15, 0.2) is 152 Å². The molecule has 0 saturated carbocycles. The SMILES string of the molecule is COc1ccc(C#Cc2ccc3c(c2)[C@]2(C(=O)N3)[C@H](C(=O)Nc3ccc(N4CCOCC4)cc3)[C@H]3C(=O)O[C@H](c4ccccc4)[C@H](c4ccccc4)N3[C@@H]2c2ccc(OCCO)cc2)cc1. The number of rotatable bonds is 10. The van der Waals surface area contributed by atoms with Gasteiger partial charge in [0.15, 0.2) is 0 Å². The van der Waals surface area contributed by atoms with E-state index in [4.69, 9.17) is 18.9 Å². The molecule has 0 aromatic heterocycles. The Labute approximate surface area is 383 Å². The number of carbonyl (C=O) groups is 3. The molecule has 6 atom stereocenters. The fourth-order valence-corrected chi connectivity index (χ4v) is 10.2. The largest absolute Gasteiger partial charge is 0.497 e. The minimum absolute atomic E-state index is 0.0907. The number of nitrogens with one attached hydrogen (secondary N) is 2. The lowest BCUT2D eigenvalue weighted by Crippen LogP contribution is -2.53. The molecule has 3 fully saturated rings. The third-order valence-corrected chi connectivity index (χ3v) is 13.1. The smallest absolute Gasteiger partial charge is 0.324 e. The number of methoxy groups -OCH3 is 1. The number of carbonyl (C=O) groups excluding carboxylic acids is 3. The van der Waals surface area contributed by atoms with Gasteiger partial charge in [-0.15, -0.1) is 0 Å². The van der Waals surface area contributed by atoms with Crippen LogP contribution in [0.2, 0.25) is 0 Å². The Morgan fingerprint density at radius 1 is 0.773 bits per heavy atom. The molecule has 12 heteroatoms. The highest BCUT2D eigenvalue weighted by Crippen LogP contribution is 2.65. The molecular formula is C54H48N4O8. The molecule has 4 aliphatic rings. The van der Waals surface area contributed by atoms with Gasteiger partial charge < -0.3 is 39.6 Å². The minimum Gasteiger partial charge on any atom is -0.497 e. The van der Waals surface area contributed by atoms with Gasteiger partial charge in [0, 0.05) is 41.3 Å². The van der Waals surface area contributed by atoms with E-state index in [1.165, 1.54) is 0 Å². The van der Waals surface area contributed by atoms with Crippen molar-refractivity contribution in [2.45, 2.75) is 29.6 Å². The first-order valence-electron chi connectivity index (χ1n) is 22.1. The molecule has 6 aromatic rings. The van der Waals surface area contributed by atoms with Crippen molar-refractivity contribution >= 4 is 34.8 Å². The van der Waals surface area contributed by atoms with Crippen LogP contribution < -0.4 is 25.0 Å². The number of hydrogen-bond donors (Lipinski definition) is 3. The number of aliphatic hydroxyl groups is 1. The molecule has 0 bridgehead atoms. The summed E-state index contributed by atoms with van der Waals surface area (Å²) in [5.41, 5.74) is 4.47. The van der Waals surface area contributed by atoms with Gasteiger partial charge in [-0.25, -0.2) is 0 Å². The number of benzene rings is 6. The lowest BCUT2D eigenvalue weighted by Gasteiger charge is -2.46. The number of anilines is 3. The van der Waals surface area contributed by atoms with Crippen LogP contribution in [0, 0.1) is 17.8 Å². The Balaban J connectivity index is 1.18. The normalized spacial score (nSPS) is 23.2. The zero-order chi connectivity index (χ0) is 45.2. The predicted octanol–water partition coefficient (Wildman–Crippen LogP) is 7.21. The van der Waals surface area contributed by atoms with Crippen LogP contribution >= 0.6 is 0 Å². The summed E-state index contributed by atoms with van der Waals surface area (Å²) in [5.74, 6) is 4.86. The number of aliphatic hydroxyl groups excluding tert-OH is 1. The van der Waals surface area contributed by atoms with E-state index >= 15 is 14.4 Å². The zero-order valence-electron chi connectivity index (χ0n) is 36.3. The van der Waals surface area contributed by atoms with Gasteiger partial charge in [0.25, 0.3) is 0 Å². The topological polar surface area (TPSA) is 139 Å². The quantitative estimate of drug-likeness (QED) is 0.0956. The van der Waals surface area contributed by atoms with E-state index < -0.39 is 53.3 Å². The number of amides is 2. The summed E-state index contributed by atoms with van der Waals surface area (Å²) in [5, 5.41) is 15.9. The minimum atomic E-state index is -1.72. The lowest BCUT2D eigenvalue weighted by molar-refractivity contribution is -0.177. The van der Waals surface area contributed by atoms with E-state index in [1.54, 1.807) is 19.2 Å². The Morgan fingerprint density at radius 3 is 2.11 bits per heavy atom. The highest BCUT2D eigenvalue weighted by atomic mass is 16.6. The molecule has 0 aliphatic carbocycles. The second-order valence-corrected chi connectivity index (χ2v) is 16.7. The lowest BCUT2D eigenvalue weighted by atomic mass is 9.65. The fraction of sp³-hybridized carbons (Fsp3) is 0.241. The van der Waals surface area contributed by atoms with Crippen LogP contribution in [0.4, 0.5) is 17.1 Å². The van der Waals surface area contributed by atoms with Crippen molar-refractivity contribution in [2.24, 2.45) is 5.92 Å². The summed E-state index contributed by atoms with van der Waals surface area (Å²) in [6.45, 7) is 2.68. The molecule has 10 rings (SSSR count). The van der Waals surface area contributed by atoms with E-state index in [0.717, 1.165) is 35.5 Å². The van der Waals surface area contributed by atoms with Crippen molar-refractivity contribution < 1.29 is 38.4 Å². The Morgan fingerprint density at radius 2 is 1.42 bits per heavy atom. The fourth-order valence-electron chi connectivity index (χ4n) is 10.2. The molecule has 12 nitrogen and oxygen atoms in total. The van der Waals surface area contributed by atoms with Gasteiger partial charge in [-0.3, -0.25) is 19.3 Å². The number of hydrogen-bond acceptors (Lipinski definition) is 10. The van der Waals surface area contributed by atoms with E-state index in [2.05, 4.69) is 32.3 Å². The summed E-state index contributed by atoms with van der Waals surface area (Å²) >= 11 is 0. The summed E-state index contributed by atoms with van der Waals surface area (Å²) in [4.78, 5) is 50.8. The molecule has 2 amide bonds. The van der Waals surface area contributed by atoms with Crippen molar-refractivity contribution in [3.05, 3.63) is 185 Å². The monoisotopic (exact) mass is 880 g/mol. The molecule has 6 aromatic carbocycles. The molecule has 3 saturated heterocycles. The van der Waals surface area contributed by atoms with Gasteiger partial charge in [0.05, 0.1) is 44.9 Å². The first-order valence-corrected chi connectivity index (χ1v) is 22.1. The van der Waals surface area contributed by atoms with Crippen molar-refractivity contribution in [3.8, 4) is 23.3 Å². The Kier molecular flexibility index (Phi) is 11.7. The molecule has 4 heterocycles. The molecule has 3 N–H and O–H groups in total. The van der Waals surface area contributed by atoms with Crippen LogP contribution in [-0.4, -0.2) is 80.5 Å². The summed E-state index contributed by atoms with van der Waals surface area (Å²) in [6.07, 6.45) is -0.816. The summed E-state index contributed by atoms with van der Waals surface area (Å²) in [6, 6.07) is 44.4. The maximum absolute atomic E-state index is 15.7. The second-order valence-electron chi connectivity index (χ2n) is 16.7. The van der Waals surface area contributed by atoms with Gasteiger partial charge in [-0.05, 0) is 101 Å². The first kappa shape index (κ1) is 42.5. The van der Waals surface area contributed by atoms with Gasteiger partial charge in [-0.1, -0.05) is 84.6 Å². The number of ether oxygens (including phenoxy) is 4. The average molecular weight is 881 g/mol. The van der Waals surface area contributed by atoms with Gasteiger partial charge in [0.2, 0.25) is 11.8 Å². The van der Waals surface area contributed by atoms with E-state index in [-0.39, 0.29) is 13.2 Å². The van der Waals surface area contributed by atoms with E-state index in [0.29, 0.717) is 52.8 Å². The maximum Gasteiger partial charge on any atom is 0.324 e. The standard InChI is InChI=1S/C54H48N4O8/c1-63-42-23-14-35(15-24-42)12-13-36-16-27-45-44(34-36)54(53(62)56-45)46(51(60)55-40-19-21-41(22-20-40)57-28-31-64-32-29-57)48-52(61)66-49(38-10-6-3-7-11-38)47(37-8-4-2-5-9-37)58(48)50(54)39-17-25-43(26-18-39)65-33-30-59/h2-11,14-27,34,46-50,59H,28-33H2,1H3,(H,55,60)(H,56,62)/t46-,47-,48-,49+,50+,54-/m0/s1. The van der Waals surface area contributed by atoms with Gasteiger partial charge >= 0.3 is 5.97 Å². The average Bonchev–Trinajstić information content (AvgIpc) is 3.85. The molecule has 0 unspecified atom stereocenters. The highest BCUT2D eigenvalue weighted by Gasteiger charge is 2.74. The molecule has 332 valence electrons. The molecular weight excluding hydrogens is 833 g/mol. The second kappa shape index (κ2) is 18.2. The first-order chi connectivity index (χ1) is 32.4. The zero-order valence-corrected chi connectivity index (χ0v) is 36.3. The van der Waals surface area contributed by atoms with E-state index in [1.807, 2.05) is 140 Å². The number of fused-ring (bicyclic) bond motifs is 3. The molecule has 66 heavy (non-hydrogen) atoms. The summed E-state index contributed by atoms with van der Waals surface area (Å²) in [7, 11) is 1.61. The predicted molar refractivity (Wildman–Crippen MR) is 249 cm³/mol. The number of nitrogens with zero attached hydrogens (tertiary/aromatic N) is 2. The van der Waals surface area contributed by atoms with Crippen molar-refractivity contribution in [1.82, 2.24) is 4.90 Å². The maximum atomic E-state index is 15.7. The number of esters is 1. The van der Waals surface area contributed by atoms with Gasteiger partial charge in [-0.2, -0.15) is 0 Å². The molecule has 0 radical (unpaired) electrons. The highest BCUT2D eigenvalue weighted by molar-refractivity contribution is 6.13. The van der Waals surface area contributed by atoms with Crippen molar-refractivity contribution in [3.63, 3.8) is 0 Å². The Hall–Kier alpha value is -7.43. The molecule has 1 spiro atoms. The third kappa shape index (κ3) is 7.71. The van der Waals surface area contributed by atoms with Crippen molar-refractivity contribution in [2.75, 3.05) is 62.2 Å². The van der Waals surface area contributed by atoms with Gasteiger partial charge in [0.1, 0.15) is 35.7 Å². The van der Waals surface area contributed by atoms with Crippen LogP contribution in [-0.2, 0) is 29.3 Å². The van der Waals surface area contributed by atoms with Crippen LogP contribution in [0.25, 0.3) is 0 Å².